The van der Waals surface area contributed by atoms with Crippen LogP contribution in [0.4, 0.5) is 0 Å². The average Bonchev–Trinajstić information content (AvgIpc) is 2.41. The molecule has 1 aliphatic rings. The summed E-state index contributed by atoms with van der Waals surface area (Å²) in [5.74, 6) is -0.168. The molecule has 1 saturated heterocycles. The zero-order chi connectivity index (χ0) is 14.9. The highest BCUT2D eigenvalue weighted by atomic mass is 32.2. The molecule has 1 heterocycles. The summed E-state index contributed by atoms with van der Waals surface area (Å²) < 4.78 is 26.4. The number of hydrogen-bond acceptors (Lipinski definition) is 4. The molecule has 20 heavy (non-hydrogen) atoms. The Morgan fingerprint density at radius 3 is 2.40 bits per heavy atom. The van der Waals surface area contributed by atoms with Crippen molar-refractivity contribution < 1.29 is 18.3 Å². The van der Waals surface area contributed by atoms with Gasteiger partial charge in [-0.2, -0.15) is 4.31 Å². The zero-order valence-corrected chi connectivity index (χ0v) is 12.4. The molecule has 2 unspecified atom stereocenters. The summed E-state index contributed by atoms with van der Waals surface area (Å²) >= 11 is 0. The molecule has 0 bridgehead atoms. The summed E-state index contributed by atoms with van der Waals surface area (Å²) in [7, 11) is -3.55. The van der Waals surface area contributed by atoms with Gasteiger partial charge in [0.15, 0.2) is 5.78 Å². The zero-order valence-electron chi connectivity index (χ0n) is 11.6. The van der Waals surface area contributed by atoms with E-state index < -0.39 is 16.1 Å². The second-order valence-electron chi connectivity index (χ2n) is 5.28. The number of rotatable bonds is 3. The van der Waals surface area contributed by atoms with E-state index in [1.165, 1.54) is 35.5 Å². The largest absolute Gasteiger partial charge is 0.393 e. The van der Waals surface area contributed by atoms with E-state index in [1.54, 1.807) is 0 Å². The smallest absolute Gasteiger partial charge is 0.243 e. The molecular formula is C14H19NO4S. The summed E-state index contributed by atoms with van der Waals surface area (Å²) in [5, 5.41) is 9.67. The normalized spacial score (nSPS) is 24.6. The number of carbonyl (C=O) groups excluding carboxylic acids is 1. The Kier molecular flexibility index (Phi) is 4.27. The molecule has 0 radical (unpaired) electrons. The van der Waals surface area contributed by atoms with Gasteiger partial charge >= 0.3 is 0 Å². The monoisotopic (exact) mass is 297 g/mol. The lowest BCUT2D eigenvalue weighted by molar-refractivity contribution is 0.0628. The molecule has 5 nitrogen and oxygen atoms in total. The molecular weight excluding hydrogens is 278 g/mol. The maximum absolute atomic E-state index is 12.5. The number of hydrogen-bond donors (Lipinski definition) is 1. The summed E-state index contributed by atoms with van der Waals surface area (Å²) in [6.45, 7) is 3.92. The van der Waals surface area contributed by atoms with E-state index in [0.29, 0.717) is 25.1 Å². The summed E-state index contributed by atoms with van der Waals surface area (Å²) in [4.78, 5) is 11.4. The van der Waals surface area contributed by atoms with Crippen molar-refractivity contribution in [1.82, 2.24) is 4.31 Å². The lowest BCUT2D eigenvalue weighted by Crippen LogP contribution is -2.44. The predicted octanol–water partition coefficient (Wildman–Crippen LogP) is 1.28. The fourth-order valence-electron chi connectivity index (χ4n) is 2.32. The van der Waals surface area contributed by atoms with Gasteiger partial charge in [-0.3, -0.25) is 4.79 Å². The Hall–Kier alpha value is -1.24. The van der Waals surface area contributed by atoms with Gasteiger partial charge in [0.2, 0.25) is 10.0 Å². The van der Waals surface area contributed by atoms with Gasteiger partial charge < -0.3 is 5.11 Å². The highest BCUT2D eigenvalue weighted by Crippen LogP contribution is 2.24. The van der Waals surface area contributed by atoms with E-state index >= 15 is 0 Å². The van der Waals surface area contributed by atoms with Crippen LogP contribution in [0, 0.1) is 5.92 Å². The topological polar surface area (TPSA) is 74.7 Å². The second kappa shape index (κ2) is 5.63. The summed E-state index contributed by atoms with van der Waals surface area (Å²) in [6.07, 6.45) is 0.00730. The van der Waals surface area contributed by atoms with Crippen molar-refractivity contribution in [1.29, 1.82) is 0 Å². The van der Waals surface area contributed by atoms with Crippen LogP contribution in [0.5, 0.6) is 0 Å². The molecule has 1 aromatic rings. The maximum atomic E-state index is 12.5. The van der Waals surface area contributed by atoms with Gasteiger partial charge in [0.1, 0.15) is 0 Å². The fourth-order valence-corrected chi connectivity index (χ4v) is 3.88. The third kappa shape index (κ3) is 2.92. The second-order valence-corrected chi connectivity index (χ2v) is 7.21. The molecule has 110 valence electrons. The highest BCUT2D eigenvalue weighted by Gasteiger charge is 2.32. The van der Waals surface area contributed by atoms with E-state index in [9.17, 15) is 18.3 Å². The molecule has 0 spiro atoms. The number of sulfonamides is 1. The molecule has 6 heteroatoms. The maximum Gasteiger partial charge on any atom is 0.243 e. The first-order valence-electron chi connectivity index (χ1n) is 6.61. The number of Topliss-reactive ketones (excluding diaryl/α,β-unsaturated/α-hetero) is 1. The Morgan fingerprint density at radius 2 is 1.90 bits per heavy atom. The minimum Gasteiger partial charge on any atom is -0.393 e. The minimum atomic E-state index is -3.55. The van der Waals surface area contributed by atoms with Crippen molar-refractivity contribution in [3.05, 3.63) is 29.8 Å². The van der Waals surface area contributed by atoms with Crippen LogP contribution < -0.4 is 0 Å². The molecule has 0 aliphatic carbocycles. The summed E-state index contributed by atoms with van der Waals surface area (Å²) in [6, 6.07) is 5.97. The van der Waals surface area contributed by atoms with Crippen molar-refractivity contribution in [2.45, 2.75) is 31.3 Å². The molecule has 0 amide bonds. The van der Waals surface area contributed by atoms with Gasteiger partial charge in [0.05, 0.1) is 11.0 Å². The number of carbonyl (C=O) groups is 1. The average molecular weight is 297 g/mol. The Labute approximate surface area is 119 Å². The molecule has 0 aromatic heterocycles. The van der Waals surface area contributed by atoms with Crippen LogP contribution in [0.25, 0.3) is 0 Å². The van der Waals surface area contributed by atoms with E-state index in [4.69, 9.17) is 0 Å². The number of aliphatic hydroxyl groups excluding tert-OH is 1. The number of piperidine rings is 1. The van der Waals surface area contributed by atoms with Gasteiger partial charge in [0, 0.05) is 18.7 Å². The first kappa shape index (κ1) is 15.2. The van der Waals surface area contributed by atoms with Gasteiger partial charge in [-0.1, -0.05) is 19.1 Å². The first-order valence-corrected chi connectivity index (χ1v) is 8.05. The number of ketones is 1. The van der Waals surface area contributed by atoms with Gasteiger partial charge in [-0.25, -0.2) is 8.42 Å². The van der Waals surface area contributed by atoms with E-state index in [2.05, 4.69) is 0 Å². The van der Waals surface area contributed by atoms with Crippen LogP contribution in [0.1, 0.15) is 30.6 Å². The van der Waals surface area contributed by atoms with Crippen LogP contribution in [0.15, 0.2) is 29.2 Å². The fraction of sp³-hybridized carbons (Fsp3) is 0.500. The van der Waals surface area contributed by atoms with Crippen molar-refractivity contribution in [2.24, 2.45) is 5.92 Å². The number of nitrogens with zero attached hydrogens (tertiary/aromatic N) is 1. The molecule has 1 aliphatic heterocycles. The Bertz CT molecular complexity index is 594. The summed E-state index contributed by atoms with van der Waals surface area (Å²) in [5.41, 5.74) is 0.492. The van der Waals surface area contributed by atoms with Crippen LogP contribution in [-0.2, 0) is 10.0 Å². The van der Waals surface area contributed by atoms with E-state index in [-0.39, 0.29) is 16.6 Å². The number of benzene rings is 1. The molecule has 1 N–H and O–H groups in total. The van der Waals surface area contributed by atoms with Crippen molar-refractivity contribution in [3.63, 3.8) is 0 Å². The first-order chi connectivity index (χ1) is 9.32. The predicted molar refractivity (Wildman–Crippen MR) is 75.0 cm³/mol. The Balaban J connectivity index is 2.24. The van der Waals surface area contributed by atoms with E-state index in [0.717, 1.165) is 0 Å². The lowest BCUT2D eigenvalue weighted by atomic mass is 9.99. The van der Waals surface area contributed by atoms with Gasteiger partial charge in [0.25, 0.3) is 0 Å². The van der Waals surface area contributed by atoms with Crippen molar-refractivity contribution in [2.75, 3.05) is 13.1 Å². The minimum absolute atomic E-state index is 0.0741. The van der Waals surface area contributed by atoms with Crippen LogP contribution in [0.2, 0.25) is 0 Å². The van der Waals surface area contributed by atoms with Crippen molar-refractivity contribution in [3.8, 4) is 0 Å². The molecule has 0 saturated carbocycles. The third-order valence-electron chi connectivity index (χ3n) is 3.72. The number of aliphatic hydroxyl groups is 1. The molecule has 2 rings (SSSR count). The Morgan fingerprint density at radius 1 is 1.30 bits per heavy atom. The van der Waals surface area contributed by atoms with Crippen LogP contribution in [0.3, 0.4) is 0 Å². The third-order valence-corrected chi connectivity index (χ3v) is 5.60. The quantitative estimate of drug-likeness (QED) is 0.853. The van der Waals surface area contributed by atoms with Gasteiger partial charge in [-0.05, 0) is 31.4 Å². The van der Waals surface area contributed by atoms with Crippen molar-refractivity contribution >= 4 is 15.8 Å². The lowest BCUT2D eigenvalue weighted by Gasteiger charge is -2.33. The van der Waals surface area contributed by atoms with E-state index in [1.807, 2.05) is 6.92 Å². The SMILES string of the molecule is CC(=O)c1ccc(S(=O)(=O)N2CCC(O)C(C)C2)cc1. The van der Waals surface area contributed by atoms with Crippen LogP contribution in [-0.4, -0.2) is 42.8 Å². The standard InChI is InChI=1S/C14H19NO4S/c1-10-9-15(8-7-14(10)17)20(18,19)13-5-3-12(4-6-13)11(2)16/h3-6,10,14,17H,7-9H2,1-2H3. The van der Waals surface area contributed by atoms with Gasteiger partial charge in [-0.15, -0.1) is 0 Å². The molecule has 2 atom stereocenters. The van der Waals surface area contributed by atoms with Crippen LogP contribution >= 0.6 is 0 Å². The molecule has 1 fully saturated rings. The molecule has 1 aromatic carbocycles. The highest BCUT2D eigenvalue weighted by molar-refractivity contribution is 7.89.